The first-order valence-corrected chi connectivity index (χ1v) is 11.9. The number of rotatable bonds is 6. The molecule has 158 valence electrons. The fraction of sp³-hybridized carbons (Fsp3) is 0.667. The molecule has 0 aliphatic carbocycles. The molecular formula is C21H32N6OS. The van der Waals surface area contributed by atoms with Crippen molar-refractivity contribution in [3.8, 4) is 5.13 Å². The van der Waals surface area contributed by atoms with Gasteiger partial charge in [-0.15, -0.1) is 10.2 Å². The van der Waals surface area contributed by atoms with Gasteiger partial charge in [-0.05, 0) is 50.9 Å². The van der Waals surface area contributed by atoms with Crippen LogP contribution < -0.4 is 10.2 Å². The molecule has 0 spiro atoms. The molecule has 0 bridgehead atoms. The summed E-state index contributed by atoms with van der Waals surface area (Å²) in [6, 6.07) is 3.75. The minimum Gasteiger partial charge on any atom is -0.349 e. The molecule has 0 saturated carbocycles. The molecule has 2 aliphatic rings. The van der Waals surface area contributed by atoms with Gasteiger partial charge in [-0.25, -0.2) is 0 Å². The van der Waals surface area contributed by atoms with E-state index in [4.69, 9.17) is 0 Å². The molecule has 2 saturated heterocycles. The fourth-order valence-corrected chi connectivity index (χ4v) is 5.10. The van der Waals surface area contributed by atoms with Crippen molar-refractivity contribution in [1.82, 2.24) is 25.0 Å². The maximum Gasteiger partial charge on any atom is 0.268 e. The van der Waals surface area contributed by atoms with E-state index in [2.05, 4.69) is 25.3 Å². The Morgan fingerprint density at radius 2 is 1.59 bits per heavy atom. The third-order valence-electron chi connectivity index (χ3n) is 5.88. The van der Waals surface area contributed by atoms with Crippen LogP contribution in [0.5, 0.6) is 0 Å². The summed E-state index contributed by atoms with van der Waals surface area (Å²) in [5.74, 6) is -0.0451. The highest BCUT2D eigenvalue weighted by atomic mass is 32.1. The molecule has 0 unspecified atom stereocenters. The van der Waals surface area contributed by atoms with Gasteiger partial charge in [-0.3, -0.25) is 9.36 Å². The quantitative estimate of drug-likeness (QED) is 0.783. The van der Waals surface area contributed by atoms with Crippen LogP contribution in [0.1, 0.15) is 61.9 Å². The Morgan fingerprint density at radius 3 is 2.31 bits per heavy atom. The van der Waals surface area contributed by atoms with Gasteiger partial charge in [0.1, 0.15) is 5.69 Å². The van der Waals surface area contributed by atoms with Gasteiger partial charge in [-0.1, -0.05) is 37.0 Å². The van der Waals surface area contributed by atoms with Crippen LogP contribution >= 0.6 is 11.3 Å². The van der Waals surface area contributed by atoms with Crippen LogP contribution in [0.4, 0.5) is 5.13 Å². The number of hydrogen-bond donors (Lipinski definition) is 1. The van der Waals surface area contributed by atoms with E-state index in [0.717, 1.165) is 43.0 Å². The molecule has 1 N–H and O–H groups in total. The Bertz CT molecular complexity index is 772. The molecule has 1 amide bonds. The van der Waals surface area contributed by atoms with Gasteiger partial charge in [0.05, 0.1) is 0 Å². The van der Waals surface area contributed by atoms with Gasteiger partial charge in [0.25, 0.3) is 5.91 Å². The topological polar surface area (TPSA) is 66.3 Å². The lowest BCUT2D eigenvalue weighted by molar-refractivity contribution is 0.0941. The molecule has 2 aromatic rings. The SMILES string of the molecule is O=C(NCCN1CCCCCC1)c1cccn1-c1nnc(N2CCCCCC2)s1. The minimum atomic E-state index is -0.0451. The van der Waals surface area contributed by atoms with Crippen molar-refractivity contribution in [2.24, 2.45) is 0 Å². The van der Waals surface area contributed by atoms with Crippen molar-refractivity contribution in [3.05, 3.63) is 24.0 Å². The number of nitrogens with one attached hydrogen (secondary N) is 1. The maximum atomic E-state index is 12.8. The average molecular weight is 417 g/mol. The molecule has 7 nitrogen and oxygen atoms in total. The summed E-state index contributed by atoms with van der Waals surface area (Å²) >= 11 is 1.57. The Balaban J connectivity index is 1.36. The number of hydrogen-bond acceptors (Lipinski definition) is 6. The largest absolute Gasteiger partial charge is 0.349 e. The zero-order chi connectivity index (χ0) is 19.9. The molecule has 0 atom stereocenters. The van der Waals surface area contributed by atoms with Crippen molar-refractivity contribution < 1.29 is 4.79 Å². The van der Waals surface area contributed by atoms with Crippen LogP contribution in [0.25, 0.3) is 5.13 Å². The first-order valence-electron chi connectivity index (χ1n) is 11.1. The van der Waals surface area contributed by atoms with Crippen LogP contribution in [0.3, 0.4) is 0 Å². The second-order valence-corrected chi connectivity index (χ2v) is 8.98. The number of anilines is 1. The standard InChI is InChI=1S/C21H32N6OS/c28-19(22-11-17-25-12-5-1-2-6-13-25)18-10-9-16-27(18)21-24-23-20(29-21)26-14-7-3-4-8-15-26/h9-10,16H,1-8,11-15,17H2,(H,22,28). The van der Waals surface area contributed by atoms with E-state index >= 15 is 0 Å². The second kappa shape index (κ2) is 10.2. The third kappa shape index (κ3) is 5.36. The highest BCUT2D eigenvalue weighted by Gasteiger charge is 2.18. The zero-order valence-electron chi connectivity index (χ0n) is 17.2. The molecular weight excluding hydrogens is 384 g/mol. The fourth-order valence-electron chi connectivity index (χ4n) is 4.21. The van der Waals surface area contributed by atoms with Crippen LogP contribution in [0, 0.1) is 0 Å². The minimum absolute atomic E-state index is 0.0451. The highest BCUT2D eigenvalue weighted by Crippen LogP contribution is 2.26. The van der Waals surface area contributed by atoms with Gasteiger partial charge < -0.3 is 15.1 Å². The molecule has 8 heteroatoms. The summed E-state index contributed by atoms with van der Waals surface area (Å²) in [6.07, 6.45) is 12.1. The van der Waals surface area contributed by atoms with Crippen LogP contribution in [0.2, 0.25) is 0 Å². The zero-order valence-corrected chi connectivity index (χ0v) is 18.0. The number of amides is 1. The molecule has 4 heterocycles. The van der Waals surface area contributed by atoms with Gasteiger partial charge in [-0.2, -0.15) is 0 Å². The van der Waals surface area contributed by atoms with Crippen molar-refractivity contribution in [2.75, 3.05) is 44.2 Å². The van der Waals surface area contributed by atoms with Crippen molar-refractivity contribution >= 4 is 22.4 Å². The summed E-state index contributed by atoms with van der Waals surface area (Å²) in [5.41, 5.74) is 0.624. The molecule has 0 aromatic carbocycles. The maximum absolute atomic E-state index is 12.8. The summed E-state index contributed by atoms with van der Waals surface area (Å²) in [4.78, 5) is 17.6. The van der Waals surface area contributed by atoms with E-state index in [1.165, 1.54) is 51.4 Å². The van der Waals surface area contributed by atoms with Crippen LogP contribution in [-0.4, -0.2) is 64.8 Å². The van der Waals surface area contributed by atoms with Crippen molar-refractivity contribution in [2.45, 2.75) is 51.4 Å². The van der Waals surface area contributed by atoms with Crippen LogP contribution in [-0.2, 0) is 0 Å². The van der Waals surface area contributed by atoms with Crippen LogP contribution in [0.15, 0.2) is 18.3 Å². The van der Waals surface area contributed by atoms with Gasteiger partial charge >= 0.3 is 0 Å². The van der Waals surface area contributed by atoms with E-state index in [1.54, 1.807) is 11.3 Å². The second-order valence-electron chi connectivity index (χ2n) is 8.04. The Hall–Kier alpha value is -1.93. The summed E-state index contributed by atoms with van der Waals surface area (Å²) < 4.78 is 1.86. The molecule has 29 heavy (non-hydrogen) atoms. The Kier molecular flexibility index (Phi) is 7.16. The van der Waals surface area contributed by atoms with E-state index in [1.807, 2.05) is 22.9 Å². The number of carbonyl (C=O) groups is 1. The Labute approximate surface area is 177 Å². The first kappa shape index (κ1) is 20.3. The molecule has 2 aromatic heterocycles. The summed E-state index contributed by atoms with van der Waals surface area (Å²) in [6.45, 7) is 5.99. The van der Waals surface area contributed by atoms with Gasteiger partial charge in [0.2, 0.25) is 10.3 Å². The molecule has 4 rings (SSSR count). The van der Waals surface area contributed by atoms with Gasteiger partial charge in [0, 0.05) is 32.4 Å². The van der Waals surface area contributed by atoms with Gasteiger partial charge in [0.15, 0.2) is 0 Å². The van der Waals surface area contributed by atoms with Crippen molar-refractivity contribution in [1.29, 1.82) is 0 Å². The summed E-state index contributed by atoms with van der Waals surface area (Å²) in [7, 11) is 0. The normalized spacial score (nSPS) is 19.0. The van der Waals surface area contributed by atoms with E-state index in [-0.39, 0.29) is 5.91 Å². The third-order valence-corrected chi connectivity index (χ3v) is 6.86. The highest BCUT2D eigenvalue weighted by molar-refractivity contribution is 7.17. The Morgan fingerprint density at radius 1 is 0.931 bits per heavy atom. The number of aromatic nitrogens is 3. The molecule has 2 fully saturated rings. The smallest absolute Gasteiger partial charge is 0.268 e. The lowest BCUT2D eigenvalue weighted by Crippen LogP contribution is -2.36. The average Bonchev–Trinajstić information content (AvgIpc) is 3.24. The summed E-state index contributed by atoms with van der Waals surface area (Å²) in [5, 5.41) is 13.6. The molecule has 0 radical (unpaired) electrons. The lowest BCUT2D eigenvalue weighted by Gasteiger charge is -2.19. The van der Waals surface area contributed by atoms with E-state index in [9.17, 15) is 4.79 Å². The predicted octanol–water partition coefficient (Wildman–Crippen LogP) is 3.32. The van der Waals surface area contributed by atoms with E-state index in [0.29, 0.717) is 12.2 Å². The predicted molar refractivity (Wildman–Crippen MR) is 117 cm³/mol. The first-order chi connectivity index (χ1) is 14.3. The number of likely N-dealkylation sites (tertiary alicyclic amines) is 1. The monoisotopic (exact) mass is 416 g/mol. The number of nitrogens with zero attached hydrogens (tertiary/aromatic N) is 5. The van der Waals surface area contributed by atoms with Crippen molar-refractivity contribution in [3.63, 3.8) is 0 Å². The molecule has 2 aliphatic heterocycles. The number of carbonyl (C=O) groups excluding carboxylic acids is 1. The van der Waals surface area contributed by atoms with E-state index < -0.39 is 0 Å². The lowest BCUT2D eigenvalue weighted by atomic mass is 10.2.